The topological polar surface area (TPSA) is 53.0 Å². The van der Waals surface area contributed by atoms with Gasteiger partial charge in [-0.15, -0.1) is 0 Å². The molecule has 0 N–H and O–H groups in total. The zero-order valence-corrected chi connectivity index (χ0v) is 5.94. The molecule has 0 aliphatic heterocycles. The minimum absolute atomic E-state index is 0.470. The predicted octanol–water partition coefficient (Wildman–Crippen LogP) is 0.770. The molecule has 0 aliphatic rings. The molecule has 0 fully saturated rings. The molecule has 0 radical (unpaired) electrons. The van der Waals surface area contributed by atoms with E-state index in [4.69, 9.17) is 4.52 Å². The van der Waals surface area contributed by atoms with Crippen molar-refractivity contribution in [3.63, 3.8) is 0 Å². The molecule has 0 saturated heterocycles. The van der Waals surface area contributed by atoms with Crippen LogP contribution in [0.5, 0.6) is 0 Å². The number of rotatable bonds is 0. The van der Waals surface area contributed by atoms with Gasteiger partial charge in [-0.2, -0.15) is 0 Å². The molecule has 4 nitrogen and oxygen atoms in total. The van der Waals surface area contributed by atoms with Crippen LogP contribution in [0.3, 0.4) is 0 Å². The van der Waals surface area contributed by atoms with Crippen molar-refractivity contribution in [2.75, 3.05) is 0 Å². The van der Waals surface area contributed by atoms with E-state index in [1.165, 1.54) is 0 Å². The average Bonchev–Trinajstić information content (AvgIpc) is 2.30. The number of aromatic nitrogens is 2. The predicted molar refractivity (Wildman–Crippen MR) is 37.7 cm³/mol. The molecule has 56 valence electrons. The summed E-state index contributed by atoms with van der Waals surface area (Å²) in [6.45, 7) is 1.67. The van der Waals surface area contributed by atoms with Gasteiger partial charge in [-0.05, 0) is 12.1 Å². The van der Waals surface area contributed by atoms with Gasteiger partial charge in [0.05, 0.1) is 0 Å². The van der Waals surface area contributed by atoms with Crippen LogP contribution in [0.15, 0.2) is 22.9 Å². The van der Waals surface area contributed by atoms with E-state index < -0.39 is 0 Å². The first-order valence-electron chi connectivity index (χ1n) is 3.23. The molecule has 0 aromatic carbocycles. The standard InChI is InChI=1S/C7H6N2O2/c1-5-7-6(11-9(5)10)3-2-4-8-7/h2-4H,1H3. The quantitative estimate of drug-likeness (QED) is 0.521. The maximum absolute atomic E-state index is 10.8. The summed E-state index contributed by atoms with van der Waals surface area (Å²) < 4.78 is 4.80. The Kier molecular flexibility index (Phi) is 1.09. The van der Waals surface area contributed by atoms with Crippen molar-refractivity contribution in [3.05, 3.63) is 29.2 Å². The van der Waals surface area contributed by atoms with Gasteiger partial charge in [0, 0.05) is 18.0 Å². The third kappa shape index (κ3) is 0.756. The molecular formula is C7H6N2O2. The van der Waals surface area contributed by atoms with Crippen molar-refractivity contribution >= 4 is 11.1 Å². The molecule has 0 amide bonds. The first-order chi connectivity index (χ1) is 5.29. The van der Waals surface area contributed by atoms with E-state index in [-0.39, 0.29) is 0 Å². The lowest BCUT2D eigenvalue weighted by molar-refractivity contribution is -0.792. The molecule has 0 bridgehead atoms. The van der Waals surface area contributed by atoms with Crippen LogP contribution in [0.25, 0.3) is 11.1 Å². The summed E-state index contributed by atoms with van der Waals surface area (Å²) >= 11 is 0. The Morgan fingerprint density at radius 2 is 2.45 bits per heavy atom. The number of nitrogens with zero attached hydrogens (tertiary/aromatic N) is 2. The average molecular weight is 150 g/mol. The normalized spacial score (nSPS) is 10.6. The van der Waals surface area contributed by atoms with E-state index in [2.05, 4.69) is 4.98 Å². The van der Waals surface area contributed by atoms with Gasteiger partial charge < -0.3 is 4.52 Å². The van der Waals surface area contributed by atoms with Crippen molar-refractivity contribution in [2.24, 2.45) is 0 Å². The fourth-order valence-corrected chi connectivity index (χ4v) is 0.980. The van der Waals surface area contributed by atoms with E-state index >= 15 is 0 Å². The van der Waals surface area contributed by atoms with Gasteiger partial charge in [0.25, 0.3) is 5.69 Å². The van der Waals surface area contributed by atoms with Crippen molar-refractivity contribution < 1.29 is 9.43 Å². The Labute approximate surface area is 62.6 Å². The van der Waals surface area contributed by atoms with Crippen LogP contribution in [-0.4, -0.2) is 4.98 Å². The van der Waals surface area contributed by atoms with Crippen LogP contribution in [-0.2, 0) is 0 Å². The Morgan fingerprint density at radius 3 is 3.18 bits per heavy atom. The molecule has 2 aromatic heterocycles. The molecule has 11 heavy (non-hydrogen) atoms. The molecule has 0 spiro atoms. The lowest BCUT2D eigenvalue weighted by Gasteiger charge is -1.81. The van der Waals surface area contributed by atoms with Crippen LogP contribution >= 0.6 is 0 Å². The van der Waals surface area contributed by atoms with Gasteiger partial charge in [-0.1, -0.05) is 0 Å². The molecule has 0 atom stereocenters. The molecule has 2 heterocycles. The smallest absolute Gasteiger partial charge is 0.269 e. The Morgan fingerprint density at radius 1 is 1.64 bits per heavy atom. The van der Waals surface area contributed by atoms with Crippen molar-refractivity contribution in [2.45, 2.75) is 6.92 Å². The highest BCUT2D eigenvalue weighted by molar-refractivity contribution is 5.72. The van der Waals surface area contributed by atoms with Gasteiger partial charge in [0.2, 0.25) is 0 Å². The first-order valence-corrected chi connectivity index (χ1v) is 3.23. The highest BCUT2D eigenvalue weighted by Gasteiger charge is 2.10. The van der Waals surface area contributed by atoms with Crippen molar-refractivity contribution in [3.8, 4) is 0 Å². The highest BCUT2D eigenvalue weighted by atomic mass is 16.7. The summed E-state index contributed by atoms with van der Waals surface area (Å²) in [6, 6.07) is 3.44. The van der Waals surface area contributed by atoms with Crippen LogP contribution < -0.4 is 4.90 Å². The van der Waals surface area contributed by atoms with Gasteiger partial charge in [-0.3, -0.25) is 5.21 Å². The third-order valence-electron chi connectivity index (χ3n) is 1.57. The molecule has 0 saturated carbocycles. The fraction of sp³-hybridized carbons (Fsp3) is 0.143. The zero-order chi connectivity index (χ0) is 7.84. The van der Waals surface area contributed by atoms with Gasteiger partial charge >= 0.3 is 0 Å². The summed E-state index contributed by atoms with van der Waals surface area (Å²) in [6.07, 6.45) is 1.63. The van der Waals surface area contributed by atoms with E-state index in [0.717, 1.165) is 0 Å². The van der Waals surface area contributed by atoms with Gasteiger partial charge in [-0.25, -0.2) is 4.98 Å². The number of aryl methyl sites for hydroxylation is 1. The number of hydrogen-bond donors (Lipinski definition) is 0. The third-order valence-corrected chi connectivity index (χ3v) is 1.57. The maximum Gasteiger partial charge on any atom is 0.269 e. The molecule has 2 rings (SSSR count). The Balaban J connectivity index is 2.92. The molecule has 4 heteroatoms. The Bertz CT molecular complexity index is 394. The summed E-state index contributed by atoms with van der Waals surface area (Å²) in [5, 5.41) is 10.8. The maximum atomic E-state index is 10.8. The zero-order valence-electron chi connectivity index (χ0n) is 5.94. The summed E-state index contributed by atoms with van der Waals surface area (Å²) in [4.78, 5) is 4.46. The molecule has 0 aliphatic carbocycles. The Hall–Kier alpha value is -1.58. The summed E-state index contributed by atoms with van der Waals surface area (Å²) in [5.41, 5.74) is 1.66. The second-order valence-corrected chi connectivity index (χ2v) is 2.28. The van der Waals surface area contributed by atoms with E-state index in [1.807, 2.05) is 0 Å². The van der Waals surface area contributed by atoms with Gasteiger partial charge in [0.15, 0.2) is 5.52 Å². The number of fused-ring (bicyclic) bond motifs is 1. The number of hydrogen-bond acceptors (Lipinski definition) is 3. The van der Waals surface area contributed by atoms with Crippen LogP contribution in [0.2, 0.25) is 0 Å². The minimum atomic E-state index is 0.470. The minimum Gasteiger partial charge on any atom is -0.365 e. The monoisotopic (exact) mass is 150 g/mol. The number of pyridine rings is 1. The summed E-state index contributed by atoms with van der Waals surface area (Å²) in [7, 11) is 0. The van der Waals surface area contributed by atoms with Crippen molar-refractivity contribution in [1.29, 1.82) is 0 Å². The van der Waals surface area contributed by atoms with Crippen LogP contribution in [0.4, 0.5) is 0 Å². The largest absolute Gasteiger partial charge is 0.365 e. The summed E-state index contributed by atoms with van der Waals surface area (Å²) in [5.74, 6) is 0. The fourth-order valence-electron chi connectivity index (χ4n) is 0.980. The molecule has 2 aromatic rings. The lowest BCUT2D eigenvalue weighted by atomic mass is 10.3. The van der Waals surface area contributed by atoms with Crippen LogP contribution in [0, 0.1) is 12.1 Å². The van der Waals surface area contributed by atoms with E-state index in [9.17, 15) is 5.21 Å². The molecule has 0 unspecified atom stereocenters. The second-order valence-electron chi connectivity index (χ2n) is 2.28. The van der Waals surface area contributed by atoms with E-state index in [0.29, 0.717) is 21.7 Å². The molecular weight excluding hydrogens is 144 g/mol. The van der Waals surface area contributed by atoms with Gasteiger partial charge in [0.1, 0.15) is 5.58 Å². The lowest BCUT2D eigenvalue weighted by Crippen LogP contribution is -2.25. The van der Waals surface area contributed by atoms with Crippen molar-refractivity contribution in [1.82, 2.24) is 4.98 Å². The SMILES string of the molecule is Cc1c2ncccc2o[n+]1[O-]. The highest BCUT2D eigenvalue weighted by Crippen LogP contribution is 2.11. The van der Waals surface area contributed by atoms with E-state index in [1.54, 1.807) is 25.3 Å². The van der Waals surface area contributed by atoms with Crippen LogP contribution in [0.1, 0.15) is 5.69 Å². The second kappa shape index (κ2) is 1.95. The first kappa shape index (κ1) is 6.15.